The molecule has 7 nitrogen and oxygen atoms in total. The van der Waals surface area contributed by atoms with E-state index in [-0.39, 0.29) is 11.3 Å². The Morgan fingerprint density at radius 2 is 1.48 bits per heavy atom. The zero-order valence-electron chi connectivity index (χ0n) is 18.2. The standard InChI is InChI=1S/C25H21ClN2O5/c1-31-18-9-7-15(8-10-18)22-23(27-20-12-11-19(32-2)14-21(20)33-3)25(30)28(24(22)29)17-6-4-5-16(26)13-17/h4-14,27H,1-3H3. The topological polar surface area (TPSA) is 77.1 Å². The Labute approximate surface area is 196 Å². The summed E-state index contributed by atoms with van der Waals surface area (Å²) in [5.74, 6) is 0.705. The fourth-order valence-corrected chi connectivity index (χ4v) is 3.74. The number of imide groups is 1. The maximum atomic E-state index is 13.5. The van der Waals surface area contributed by atoms with Crippen molar-refractivity contribution in [2.75, 3.05) is 31.5 Å². The third-order valence-corrected chi connectivity index (χ3v) is 5.43. The normalized spacial score (nSPS) is 13.4. The van der Waals surface area contributed by atoms with Gasteiger partial charge >= 0.3 is 0 Å². The quantitative estimate of drug-likeness (QED) is 0.508. The van der Waals surface area contributed by atoms with E-state index in [4.69, 9.17) is 25.8 Å². The smallest absolute Gasteiger partial charge is 0.282 e. The summed E-state index contributed by atoms with van der Waals surface area (Å²) in [5, 5.41) is 3.52. The van der Waals surface area contributed by atoms with Crippen LogP contribution in [0.15, 0.2) is 72.4 Å². The van der Waals surface area contributed by atoms with Gasteiger partial charge in [0.05, 0.1) is 38.3 Å². The van der Waals surface area contributed by atoms with E-state index < -0.39 is 11.8 Å². The number of halogens is 1. The molecule has 0 unspecified atom stereocenters. The van der Waals surface area contributed by atoms with Crippen molar-refractivity contribution in [3.63, 3.8) is 0 Å². The summed E-state index contributed by atoms with van der Waals surface area (Å²) in [5.41, 5.74) is 1.79. The highest BCUT2D eigenvalue weighted by molar-refractivity contribution is 6.46. The molecule has 168 valence electrons. The predicted octanol–water partition coefficient (Wildman–Crippen LogP) is 4.76. The number of carbonyl (C=O) groups excluding carboxylic acids is 2. The van der Waals surface area contributed by atoms with Gasteiger partial charge in [-0.1, -0.05) is 29.8 Å². The summed E-state index contributed by atoms with van der Waals surface area (Å²) in [4.78, 5) is 28.1. The first-order valence-corrected chi connectivity index (χ1v) is 10.4. The van der Waals surface area contributed by atoms with Gasteiger partial charge in [-0.15, -0.1) is 0 Å². The van der Waals surface area contributed by atoms with Crippen LogP contribution in [0.2, 0.25) is 5.02 Å². The number of hydrogen-bond donors (Lipinski definition) is 1. The van der Waals surface area contributed by atoms with Gasteiger partial charge in [-0.3, -0.25) is 9.59 Å². The zero-order chi connectivity index (χ0) is 23.5. The molecule has 3 aromatic carbocycles. The lowest BCUT2D eigenvalue weighted by Crippen LogP contribution is -2.32. The molecule has 0 fully saturated rings. The summed E-state index contributed by atoms with van der Waals surface area (Å²) >= 11 is 6.12. The van der Waals surface area contributed by atoms with Crippen molar-refractivity contribution in [3.8, 4) is 17.2 Å². The van der Waals surface area contributed by atoms with Gasteiger partial charge in [0.2, 0.25) is 0 Å². The highest BCUT2D eigenvalue weighted by Crippen LogP contribution is 2.37. The second-order valence-corrected chi connectivity index (χ2v) is 7.53. The van der Waals surface area contributed by atoms with Gasteiger partial charge in [-0.25, -0.2) is 4.90 Å². The average Bonchev–Trinajstić information content (AvgIpc) is 3.08. The van der Waals surface area contributed by atoms with E-state index in [0.29, 0.717) is 39.2 Å². The van der Waals surface area contributed by atoms with E-state index in [0.717, 1.165) is 4.90 Å². The molecule has 4 rings (SSSR count). The van der Waals surface area contributed by atoms with Crippen LogP contribution in [0, 0.1) is 0 Å². The van der Waals surface area contributed by atoms with E-state index in [1.807, 2.05) is 0 Å². The molecule has 8 heteroatoms. The molecule has 1 N–H and O–H groups in total. The summed E-state index contributed by atoms with van der Waals surface area (Å²) in [7, 11) is 4.62. The predicted molar refractivity (Wildman–Crippen MR) is 127 cm³/mol. The van der Waals surface area contributed by atoms with Crippen LogP contribution >= 0.6 is 11.6 Å². The number of nitrogens with zero attached hydrogens (tertiary/aromatic N) is 1. The molecule has 0 aliphatic carbocycles. The summed E-state index contributed by atoms with van der Waals surface area (Å²) < 4.78 is 15.9. The van der Waals surface area contributed by atoms with Crippen LogP contribution in [0.4, 0.5) is 11.4 Å². The Kier molecular flexibility index (Phi) is 6.24. The van der Waals surface area contributed by atoms with E-state index in [1.165, 1.54) is 7.11 Å². The number of methoxy groups -OCH3 is 3. The molecular formula is C25H21ClN2O5. The van der Waals surface area contributed by atoms with Crippen LogP contribution in [0.25, 0.3) is 5.57 Å². The molecule has 0 bridgehead atoms. The van der Waals surface area contributed by atoms with Crippen LogP contribution in [-0.4, -0.2) is 33.1 Å². The van der Waals surface area contributed by atoms with Crippen LogP contribution in [0.3, 0.4) is 0 Å². The number of benzene rings is 3. The SMILES string of the molecule is COc1ccc(C2=C(Nc3ccc(OC)cc3OC)C(=O)N(c3cccc(Cl)c3)C2=O)cc1. The Bertz CT molecular complexity index is 1250. The number of ether oxygens (including phenoxy) is 3. The molecule has 1 aliphatic rings. The van der Waals surface area contributed by atoms with Crippen molar-refractivity contribution in [2.24, 2.45) is 0 Å². The summed E-state index contributed by atoms with van der Waals surface area (Å²) in [6.07, 6.45) is 0. The van der Waals surface area contributed by atoms with Gasteiger partial charge in [-0.05, 0) is 48.0 Å². The van der Waals surface area contributed by atoms with Crippen molar-refractivity contribution >= 4 is 40.4 Å². The molecule has 0 radical (unpaired) electrons. The fraction of sp³-hybridized carbons (Fsp3) is 0.120. The second-order valence-electron chi connectivity index (χ2n) is 7.10. The van der Waals surface area contributed by atoms with Crippen molar-refractivity contribution < 1.29 is 23.8 Å². The fourth-order valence-electron chi connectivity index (χ4n) is 3.56. The number of anilines is 2. The monoisotopic (exact) mass is 464 g/mol. The van der Waals surface area contributed by atoms with Gasteiger partial charge in [0.15, 0.2) is 0 Å². The lowest BCUT2D eigenvalue weighted by Gasteiger charge is -2.16. The average molecular weight is 465 g/mol. The number of rotatable bonds is 7. The second kappa shape index (κ2) is 9.26. The number of nitrogens with one attached hydrogen (secondary N) is 1. The van der Waals surface area contributed by atoms with E-state index in [9.17, 15) is 9.59 Å². The van der Waals surface area contributed by atoms with Crippen molar-refractivity contribution in [1.29, 1.82) is 0 Å². The lowest BCUT2D eigenvalue weighted by atomic mass is 10.0. The van der Waals surface area contributed by atoms with Crippen LogP contribution in [-0.2, 0) is 9.59 Å². The van der Waals surface area contributed by atoms with Crippen molar-refractivity contribution in [1.82, 2.24) is 0 Å². The molecule has 2 amide bonds. The molecular weight excluding hydrogens is 444 g/mol. The molecule has 33 heavy (non-hydrogen) atoms. The molecule has 3 aromatic rings. The molecule has 1 aliphatic heterocycles. The maximum absolute atomic E-state index is 13.5. The first-order chi connectivity index (χ1) is 16.0. The number of amides is 2. The first kappa shape index (κ1) is 22.2. The Morgan fingerprint density at radius 1 is 0.788 bits per heavy atom. The van der Waals surface area contributed by atoms with Gasteiger partial charge in [0.25, 0.3) is 11.8 Å². The van der Waals surface area contributed by atoms with Crippen molar-refractivity contribution in [3.05, 3.63) is 83.0 Å². The minimum Gasteiger partial charge on any atom is -0.497 e. The van der Waals surface area contributed by atoms with Gasteiger partial charge in [0, 0.05) is 11.1 Å². The highest BCUT2D eigenvalue weighted by atomic mass is 35.5. The third-order valence-electron chi connectivity index (χ3n) is 5.20. The highest BCUT2D eigenvalue weighted by Gasteiger charge is 2.40. The van der Waals surface area contributed by atoms with Crippen molar-refractivity contribution in [2.45, 2.75) is 0 Å². The minimum absolute atomic E-state index is 0.119. The zero-order valence-corrected chi connectivity index (χ0v) is 19.0. The van der Waals surface area contributed by atoms with Gasteiger partial charge in [-0.2, -0.15) is 0 Å². The van der Waals surface area contributed by atoms with Crippen LogP contribution in [0.1, 0.15) is 5.56 Å². The maximum Gasteiger partial charge on any atom is 0.282 e. The molecule has 0 spiro atoms. The minimum atomic E-state index is -0.508. The van der Waals surface area contributed by atoms with Gasteiger partial charge in [0.1, 0.15) is 22.9 Å². The van der Waals surface area contributed by atoms with E-state index in [1.54, 1.807) is 80.9 Å². The van der Waals surface area contributed by atoms with Gasteiger partial charge < -0.3 is 19.5 Å². The van der Waals surface area contributed by atoms with Crippen LogP contribution in [0.5, 0.6) is 17.2 Å². The Hall–Kier alpha value is -3.97. The first-order valence-electron chi connectivity index (χ1n) is 9.99. The van der Waals surface area contributed by atoms with Crippen LogP contribution < -0.4 is 24.4 Å². The molecule has 1 heterocycles. The number of carbonyl (C=O) groups is 2. The number of hydrogen-bond acceptors (Lipinski definition) is 6. The lowest BCUT2D eigenvalue weighted by molar-refractivity contribution is -0.120. The summed E-state index contributed by atoms with van der Waals surface area (Å²) in [6.45, 7) is 0. The third kappa shape index (κ3) is 4.23. The largest absolute Gasteiger partial charge is 0.497 e. The molecule has 0 aromatic heterocycles. The van der Waals surface area contributed by atoms with E-state index in [2.05, 4.69) is 5.32 Å². The summed E-state index contributed by atoms with van der Waals surface area (Å²) in [6, 6.07) is 18.6. The molecule has 0 saturated heterocycles. The Balaban J connectivity index is 1.83. The molecule has 0 atom stereocenters. The Morgan fingerprint density at radius 3 is 2.12 bits per heavy atom. The van der Waals surface area contributed by atoms with E-state index >= 15 is 0 Å². The molecule has 0 saturated carbocycles.